The molecule has 3 N–H and O–H groups in total. The Hall–Kier alpha value is -2.01. The van der Waals surface area contributed by atoms with Gasteiger partial charge in [0.25, 0.3) is 0 Å². The Kier molecular flexibility index (Phi) is 9.70. The van der Waals surface area contributed by atoms with Crippen molar-refractivity contribution in [3.8, 4) is 5.75 Å². The first-order chi connectivity index (χ1) is 14.1. The molecule has 1 aromatic heterocycles. The van der Waals surface area contributed by atoms with Crippen molar-refractivity contribution >= 4 is 46.7 Å². The molecule has 1 unspecified atom stereocenters. The van der Waals surface area contributed by atoms with Gasteiger partial charge in [0.1, 0.15) is 12.3 Å². The smallest absolute Gasteiger partial charge is 0.243 e. The fourth-order valence-electron chi connectivity index (χ4n) is 3.38. The van der Waals surface area contributed by atoms with Gasteiger partial charge in [-0.1, -0.05) is 6.07 Å². The van der Waals surface area contributed by atoms with Crippen LogP contribution in [0.1, 0.15) is 18.4 Å². The van der Waals surface area contributed by atoms with E-state index in [0.717, 1.165) is 42.5 Å². The van der Waals surface area contributed by atoms with E-state index in [-0.39, 0.29) is 42.5 Å². The molecule has 0 saturated carbocycles. The van der Waals surface area contributed by atoms with Crippen LogP contribution in [0.4, 0.5) is 0 Å². The van der Waals surface area contributed by atoms with Crippen molar-refractivity contribution in [2.75, 3.05) is 47.4 Å². The van der Waals surface area contributed by atoms with Crippen molar-refractivity contribution in [2.24, 2.45) is 4.99 Å². The van der Waals surface area contributed by atoms with Gasteiger partial charge in [0, 0.05) is 50.9 Å². The summed E-state index contributed by atoms with van der Waals surface area (Å²) < 4.78 is 11.2. The minimum atomic E-state index is -0.0374. The number of likely N-dealkylation sites (N-methyl/N-ethyl adjacent to an activating group) is 1. The van der Waals surface area contributed by atoms with E-state index < -0.39 is 0 Å². The number of aromatic amines is 1. The highest BCUT2D eigenvalue weighted by Crippen LogP contribution is 2.28. The third-order valence-electron chi connectivity index (χ3n) is 5.05. The van der Waals surface area contributed by atoms with Crippen LogP contribution in [-0.2, 0) is 16.0 Å². The largest absolute Gasteiger partial charge is 0.496 e. The molecule has 1 atom stereocenters. The number of nitrogens with zero attached hydrogens (tertiary/aromatic N) is 2. The lowest BCUT2D eigenvalue weighted by molar-refractivity contribution is -0.127. The fourth-order valence-corrected chi connectivity index (χ4v) is 3.38. The van der Waals surface area contributed by atoms with Crippen LogP contribution >= 0.6 is 24.0 Å². The number of H-pyrrole nitrogens is 1. The zero-order chi connectivity index (χ0) is 20.6. The highest BCUT2D eigenvalue weighted by Gasteiger charge is 2.16. The highest BCUT2D eigenvalue weighted by molar-refractivity contribution is 14.0. The lowest BCUT2D eigenvalue weighted by Gasteiger charge is -2.16. The number of halogens is 1. The Morgan fingerprint density at radius 3 is 2.90 bits per heavy atom. The van der Waals surface area contributed by atoms with Crippen LogP contribution < -0.4 is 15.4 Å². The number of fused-ring (bicyclic) bond motifs is 1. The number of carbonyl (C=O) groups is 1. The van der Waals surface area contributed by atoms with E-state index in [1.165, 1.54) is 5.56 Å². The number of benzene rings is 1. The van der Waals surface area contributed by atoms with E-state index in [0.29, 0.717) is 19.0 Å². The minimum Gasteiger partial charge on any atom is -0.496 e. The van der Waals surface area contributed by atoms with Gasteiger partial charge in [0.05, 0.1) is 13.2 Å². The van der Waals surface area contributed by atoms with Gasteiger partial charge in [-0.15, -0.1) is 24.0 Å². The summed E-state index contributed by atoms with van der Waals surface area (Å²) in [6, 6.07) is 5.98. The van der Waals surface area contributed by atoms with E-state index in [4.69, 9.17) is 9.47 Å². The quantitative estimate of drug-likeness (QED) is 0.277. The maximum absolute atomic E-state index is 11.9. The van der Waals surface area contributed by atoms with Gasteiger partial charge in [0.2, 0.25) is 5.91 Å². The third kappa shape index (κ3) is 6.49. The van der Waals surface area contributed by atoms with Crippen molar-refractivity contribution < 1.29 is 14.3 Å². The van der Waals surface area contributed by atoms with Crippen LogP contribution in [0.3, 0.4) is 0 Å². The Balaban J connectivity index is 0.00000320. The summed E-state index contributed by atoms with van der Waals surface area (Å²) in [5, 5.41) is 7.74. The van der Waals surface area contributed by atoms with Crippen LogP contribution in [0.2, 0.25) is 0 Å². The van der Waals surface area contributed by atoms with E-state index in [1.54, 1.807) is 26.1 Å². The van der Waals surface area contributed by atoms with Gasteiger partial charge in [-0.2, -0.15) is 0 Å². The van der Waals surface area contributed by atoms with Crippen molar-refractivity contribution in [1.29, 1.82) is 0 Å². The Morgan fingerprint density at radius 1 is 1.37 bits per heavy atom. The van der Waals surface area contributed by atoms with Crippen LogP contribution in [0, 0.1) is 0 Å². The van der Waals surface area contributed by atoms with Gasteiger partial charge in [-0.3, -0.25) is 4.79 Å². The molecule has 9 heteroatoms. The third-order valence-corrected chi connectivity index (χ3v) is 5.05. The summed E-state index contributed by atoms with van der Waals surface area (Å²) in [5.74, 6) is 1.45. The second kappa shape index (κ2) is 12.0. The van der Waals surface area contributed by atoms with Crippen molar-refractivity contribution in [3.05, 3.63) is 30.0 Å². The number of hydrogen-bond acceptors (Lipinski definition) is 4. The number of methoxy groups -OCH3 is 1. The van der Waals surface area contributed by atoms with E-state index in [1.807, 2.05) is 24.4 Å². The molecule has 1 fully saturated rings. The van der Waals surface area contributed by atoms with Gasteiger partial charge < -0.3 is 30.0 Å². The number of nitrogens with one attached hydrogen (secondary N) is 3. The number of carbonyl (C=O) groups excluding carboxylic acids is 1. The first-order valence-corrected chi connectivity index (χ1v) is 10.1. The normalized spacial score (nSPS) is 16.2. The average Bonchev–Trinajstić information content (AvgIpc) is 3.39. The number of aromatic nitrogens is 1. The summed E-state index contributed by atoms with van der Waals surface area (Å²) in [4.78, 5) is 21.2. The van der Waals surface area contributed by atoms with Gasteiger partial charge in [-0.25, -0.2) is 4.99 Å². The zero-order valence-electron chi connectivity index (χ0n) is 17.9. The second-order valence-corrected chi connectivity index (χ2v) is 7.34. The molecule has 1 aromatic carbocycles. The highest BCUT2D eigenvalue weighted by atomic mass is 127. The first kappa shape index (κ1) is 24.3. The number of guanidine groups is 1. The molecule has 0 spiro atoms. The molecule has 1 saturated heterocycles. The van der Waals surface area contributed by atoms with Crippen molar-refractivity contribution in [1.82, 2.24) is 20.5 Å². The van der Waals surface area contributed by atoms with E-state index in [9.17, 15) is 4.79 Å². The number of amides is 1. The topological polar surface area (TPSA) is 91.0 Å². The summed E-state index contributed by atoms with van der Waals surface area (Å²) in [5.41, 5.74) is 2.23. The molecule has 30 heavy (non-hydrogen) atoms. The number of hydrogen-bond donors (Lipinski definition) is 3. The zero-order valence-corrected chi connectivity index (χ0v) is 20.2. The molecule has 166 valence electrons. The molecule has 1 aliphatic heterocycles. The summed E-state index contributed by atoms with van der Waals surface area (Å²) in [7, 11) is 5.15. The first-order valence-electron chi connectivity index (χ1n) is 10.1. The molecule has 0 radical (unpaired) electrons. The Labute approximate surface area is 194 Å². The number of aliphatic imine (C=N–C) groups is 1. The number of ether oxygens (including phenoxy) is 2. The predicted molar refractivity (Wildman–Crippen MR) is 130 cm³/mol. The lowest BCUT2D eigenvalue weighted by atomic mass is 10.1. The molecule has 0 aliphatic carbocycles. The Bertz CT molecular complexity index is 846. The predicted octanol–water partition coefficient (Wildman–Crippen LogP) is 2.14. The second-order valence-electron chi connectivity index (χ2n) is 7.34. The SMILES string of the molecule is COc1cccc2[nH]cc(CCNC(=NCC(=O)N(C)C)NCC3CCCO3)c12.I. The van der Waals surface area contributed by atoms with Gasteiger partial charge in [-0.05, 0) is 37.0 Å². The van der Waals surface area contributed by atoms with Gasteiger partial charge >= 0.3 is 0 Å². The fraction of sp³-hybridized carbons (Fsp3) is 0.524. The van der Waals surface area contributed by atoms with E-state index >= 15 is 0 Å². The van der Waals surface area contributed by atoms with Crippen molar-refractivity contribution in [3.63, 3.8) is 0 Å². The molecule has 8 nitrogen and oxygen atoms in total. The molecule has 1 amide bonds. The van der Waals surface area contributed by atoms with Crippen LogP contribution in [0.5, 0.6) is 5.75 Å². The lowest BCUT2D eigenvalue weighted by Crippen LogP contribution is -2.42. The maximum Gasteiger partial charge on any atom is 0.243 e. The van der Waals surface area contributed by atoms with Crippen LogP contribution in [-0.4, -0.2) is 75.3 Å². The molecular weight excluding hydrogens is 497 g/mol. The summed E-state index contributed by atoms with van der Waals surface area (Å²) in [6.45, 7) is 2.28. The van der Waals surface area contributed by atoms with E-state index in [2.05, 4.69) is 20.6 Å². The monoisotopic (exact) mass is 529 g/mol. The molecule has 1 aliphatic rings. The summed E-state index contributed by atoms with van der Waals surface area (Å²) >= 11 is 0. The molecule has 2 heterocycles. The minimum absolute atomic E-state index is 0. The molecule has 2 aromatic rings. The Morgan fingerprint density at radius 2 is 2.20 bits per heavy atom. The van der Waals surface area contributed by atoms with Crippen LogP contribution in [0.15, 0.2) is 29.4 Å². The van der Waals surface area contributed by atoms with Crippen LogP contribution in [0.25, 0.3) is 10.9 Å². The molecular formula is C21H32IN5O3. The number of rotatable bonds is 8. The van der Waals surface area contributed by atoms with Gasteiger partial charge in [0.15, 0.2) is 5.96 Å². The standard InChI is InChI=1S/C21H31N5O3.HI/c1-26(2)19(27)14-25-21(24-13-16-6-5-11-29-16)22-10-9-15-12-23-17-7-4-8-18(28-3)20(15)17;/h4,7-8,12,16,23H,5-6,9-11,13-14H2,1-3H3,(H2,22,24,25);1H. The van der Waals surface area contributed by atoms with Crippen molar-refractivity contribution in [2.45, 2.75) is 25.4 Å². The molecule has 0 bridgehead atoms. The summed E-state index contributed by atoms with van der Waals surface area (Å²) in [6.07, 6.45) is 5.15. The average molecular weight is 529 g/mol. The maximum atomic E-state index is 11.9. The molecule has 3 rings (SSSR count).